The van der Waals surface area contributed by atoms with Crippen LogP contribution in [-0.2, 0) is 6.42 Å². The van der Waals surface area contributed by atoms with Crippen molar-refractivity contribution in [1.82, 2.24) is 0 Å². The zero-order chi connectivity index (χ0) is 13.8. The first-order valence-electron chi connectivity index (χ1n) is 6.52. The third-order valence-corrected chi connectivity index (χ3v) is 3.09. The molecule has 0 aliphatic rings. The third-order valence-electron chi connectivity index (χ3n) is 3.09. The maximum atomic E-state index is 11.1. The van der Waals surface area contributed by atoms with E-state index >= 15 is 0 Å². The van der Waals surface area contributed by atoms with E-state index in [1.807, 2.05) is 30.3 Å². The lowest BCUT2D eigenvalue weighted by molar-refractivity contribution is 0.322. The molecule has 1 heterocycles. The SMILES string of the molecule is O=c1ccc2cc(OCCc3ccccc3)ccc2o1. The van der Waals surface area contributed by atoms with Gasteiger partial charge in [0.05, 0.1) is 6.61 Å². The summed E-state index contributed by atoms with van der Waals surface area (Å²) in [4.78, 5) is 11.1. The van der Waals surface area contributed by atoms with Crippen molar-refractivity contribution in [2.75, 3.05) is 6.61 Å². The molecule has 1 aromatic heterocycles. The van der Waals surface area contributed by atoms with Gasteiger partial charge in [0.1, 0.15) is 11.3 Å². The van der Waals surface area contributed by atoms with Gasteiger partial charge in [-0.15, -0.1) is 0 Å². The molecule has 100 valence electrons. The fraction of sp³-hybridized carbons (Fsp3) is 0.118. The molecule has 0 saturated carbocycles. The summed E-state index contributed by atoms with van der Waals surface area (Å²) in [5.74, 6) is 0.780. The standard InChI is InChI=1S/C17H14O3/c18-17-9-6-14-12-15(7-8-16(14)20-17)19-11-10-13-4-2-1-3-5-13/h1-9,12H,10-11H2. The molecule has 0 saturated heterocycles. The van der Waals surface area contributed by atoms with E-state index in [9.17, 15) is 4.79 Å². The van der Waals surface area contributed by atoms with Crippen molar-refractivity contribution in [3.05, 3.63) is 76.6 Å². The second-order valence-corrected chi connectivity index (χ2v) is 4.54. The van der Waals surface area contributed by atoms with Gasteiger partial charge in [0.15, 0.2) is 0 Å². The number of ether oxygens (including phenoxy) is 1. The molecule has 3 aromatic rings. The first kappa shape index (κ1) is 12.5. The second-order valence-electron chi connectivity index (χ2n) is 4.54. The molecule has 0 aliphatic heterocycles. The van der Waals surface area contributed by atoms with Crippen molar-refractivity contribution in [3.8, 4) is 5.75 Å². The lowest BCUT2D eigenvalue weighted by Crippen LogP contribution is -2.01. The monoisotopic (exact) mass is 266 g/mol. The maximum Gasteiger partial charge on any atom is 0.336 e. The van der Waals surface area contributed by atoms with Crippen LogP contribution in [0.25, 0.3) is 11.0 Å². The van der Waals surface area contributed by atoms with E-state index in [2.05, 4.69) is 12.1 Å². The van der Waals surface area contributed by atoms with E-state index in [-0.39, 0.29) is 5.63 Å². The van der Waals surface area contributed by atoms with Crippen LogP contribution in [0.2, 0.25) is 0 Å². The minimum atomic E-state index is -0.338. The van der Waals surface area contributed by atoms with Crippen LogP contribution < -0.4 is 10.4 Å². The molecule has 2 aromatic carbocycles. The minimum Gasteiger partial charge on any atom is -0.493 e. The van der Waals surface area contributed by atoms with Crippen LogP contribution in [-0.4, -0.2) is 6.61 Å². The van der Waals surface area contributed by atoms with Crippen LogP contribution in [0.4, 0.5) is 0 Å². The smallest absolute Gasteiger partial charge is 0.336 e. The topological polar surface area (TPSA) is 39.4 Å². The summed E-state index contributed by atoms with van der Waals surface area (Å²) >= 11 is 0. The number of rotatable bonds is 4. The molecule has 0 amide bonds. The normalized spacial score (nSPS) is 10.6. The summed E-state index contributed by atoms with van der Waals surface area (Å²) in [7, 11) is 0. The van der Waals surface area contributed by atoms with Gasteiger partial charge in [-0.1, -0.05) is 30.3 Å². The van der Waals surface area contributed by atoms with Crippen LogP contribution in [0.5, 0.6) is 5.75 Å². The van der Waals surface area contributed by atoms with Crippen molar-refractivity contribution in [1.29, 1.82) is 0 Å². The van der Waals surface area contributed by atoms with Gasteiger partial charge >= 0.3 is 5.63 Å². The Balaban J connectivity index is 1.69. The summed E-state index contributed by atoms with van der Waals surface area (Å²) in [5, 5.41) is 0.863. The van der Waals surface area contributed by atoms with Gasteiger partial charge in [-0.25, -0.2) is 4.79 Å². The van der Waals surface area contributed by atoms with Crippen LogP contribution in [0.15, 0.2) is 69.9 Å². The first-order valence-corrected chi connectivity index (χ1v) is 6.52. The zero-order valence-electron chi connectivity index (χ0n) is 10.9. The Kier molecular flexibility index (Phi) is 3.50. The van der Waals surface area contributed by atoms with E-state index in [1.54, 1.807) is 12.1 Å². The van der Waals surface area contributed by atoms with E-state index in [0.717, 1.165) is 17.6 Å². The van der Waals surface area contributed by atoms with Crippen molar-refractivity contribution in [2.45, 2.75) is 6.42 Å². The Morgan fingerprint density at radius 1 is 0.950 bits per heavy atom. The Morgan fingerprint density at radius 2 is 1.80 bits per heavy atom. The number of fused-ring (bicyclic) bond motifs is 1. The third kappa shape index (κ3) is 2.88. The van der Waals surface area contributed by atoms with Crippen LogP contribution in [0, 0.1) is 0 Å². The summed E-state index contributed by atoms with van der Waals surface area (Å²) in [6, 6.07) is 18.8. The van der Waals surface area contributed by atoms with Crippen molar-refractivity contribution in [3.63, 3.8) is 0 Å². The highest BCUT2D eigenvalue weighted by Crippen LogP contribution is 2.19. The van der Waals surface area contributed by atoms with E-state index in [4.69, 9.17) is 9.15 Å². The van der Waals surface area contributed by atoms with E-state index in [1.165, 1.54) is 11.6 Å². The Morgan fingerprint density at radius 3 is 2.65 bits per heavy atom. The van der Waals surface area contributed by atoms with Crippen LogP contribution >= 0.6 is 0 Å². The lowest BCUT2D eigenvalue weighted by Gasteiger charge is -2.07. The molecule has 0 N–H and O–H groups in total. The molecule has 0 bridgehead atoms. The summed E-state index contributed by atoms with van der Waals surface area (Å²) in [6.45, 7) is 0.617. The van der Waals surface area contributed by atoms with Crippen LogP contribution in [0.1, 0.15) is 5.56 Å². The summed E-state index contributed by atoms with van der Waals surface area (Å²) < 4.78 is 10.8. The molecule has 3 rings (SSSR count). The average Bonchev–Trinajstić information content (AvgIpc) is 2.48. The molecule has 0 fully saturated rings. The van der Waals surface area contributed by atoms with Gasteiger partial charge in [-0.2, -0.15) is 0 Å². The number of hydrogen-bond acceptors (Lipinski definition) is 3. The summed E-state index contributed by atoms with van der Waals surface area (Å²) in [5.41, 5.74) is 1.49. The molecule has 20 heavy (non-hydrogen) atoms. The van der Waals surface area contributed by atoms with Gasteiger partial charge in [-0.05, 0) is 29.8 Å². The predicted octanol–water partition coefficient (Wildman–Crippen LogP) is 3.41. The van der Waals surface area contributed by atoms with Crippen molar-refractivity contribution in [2.24, 2.45) is 0 Å². The fourth-order valence-electron chi connectivity index (χ4n) is 2.07. The van der Waals surface area contributed by atoms with Gasteiger partial charge < -0.3 is 9.15 Å². The molecular weight excluding hydrogens is 252 g/mol. The Labute approximate surface area is 116 Å². The minimum absolute atomic E-state index is 0.338. The van der Waals surface area contributed by atoms with E-state index < -0.39 is 0 Å². The highest BCUT2D eigenvalue weighted by Gasteiger charge is 2.00. The first-order chi connectivity index (χ1) is 9.81. The largest absolute Gasteiger partial charge is 0.493 e. The number of benzene rings is 2. The quantitative estimate of drug-likeness (QED) is 0.679. The highest BCUT2D eigenvalue weighted by atomic mass is 16.5. The Bertz CT molecular complexity index is 760. The molecule has 0 spiro atoms. The predicted molar refractivity (Wildman–Crippen MR) is 78.1 cm³/mol. The van der Waals surface area contributed by atoms with Gasteiger partial charge in [0, 0.05) is 17.9 Å². The Hall–Kier alpha value is -2.55. The molecule has 0 radical (unpaired) electrons. The zero-order valence-corrected chi connectivity index (χ0v) is 10.9. The van der Waals surface area contributed by atoms with Gasteiger partial charge in [-0.3, -0.25) is 0 Å². The average molecular weight is 266 g/mol. The molecule has 3 nitrogen and oxygen atoms in total. The van der Waals surface area contributed by atoms with E-state index in [0.29, 0.717) is 12.2 Å². The fourth-order valence-corrected chi connectivity index (χ4v) is 2.07. The summed E-state index contributed by atoms with van der Waals surface area (Å²) in [6.07, 6.45) is 0.864. The molecule has 0 unspecified atom stereocenters. The van der Waals surface area contributed by atoms with Crippen molar-refractivity contribution >= 4 is 11.0 Å². The molecule has 3 heteroatoms. The lowest BCUT2D eigenvalue weighted by atomic mass is 10.2. The molecular formula is C17H14O3. The molecule has 0 aliphatic carbocycles. The molecule has 0 atom stereocenters. The maximum absolute atomic E-state index is 11.1. The van der Waals surface area contributed by atoms with Crippen molar-refractivity contribution < 1.29 is 9.15 Å². The van der Waals surface area contributed by atoms with Gasteiger partial charge in [0.2, 0.25) is 0 Å². The second kappa shape index (κ2) is 5.61. The highest BCUT2D eigenvalue weighted by molar-refractivity contribution is 5.77. The number of hydrogen-bond donors (Lipinski definition) is 0. The van der Waals surface area contributed by atoms with Crippen LogP contribution in [0.3, 0.4) is 0 Å². The van der Waals surface area contributed by atoms with Gasteiger partial charge in [0.25, 0.3) is 0 Å².